The van der Waals surface area contributed by atoms with Gasteiger partial charge in [-0.05, 0) is 17.8 Å². The van der Waals surface area contributed by atoms with Crippen LogP contribution in [-0.2, 0) is 13.6 Å². The van der Waals surface area contributed by atoms with Crippen molar-refractivity contribution in [3.05, 3.63) is 17.5 Å². The van der Waals surface area contributed by atoms with Crippen molar-refractivity contribution in [3.8, 4) is 0 Å². The zero-order valence-electron chi connectivity index (χ0n) is 11.3. The van der Waals surface area contributed by atoms with Crippen molar-refractivity contribution < 1.29 is 0 Å². The SMILES string of the molecule is Cc1c(CNC2C(C)(C)C2(C)C)cnn1C. The molecule has 0 aromatic carbocycles. The minimum Gasteiger partial charge on any atom is -0.309 e. The lowest BCUT2D eigenvalue weighted by molar-refractivity contribution is 0.457. The van der Waals surface area contributed by atoms with Gasteiger partial charge in [0.2, 0.25) is 0 Å². The lowest BCUT2D eigenvalue weighted by Gasteiger charge is -2.06. The summed E-state index contributed by atoms with van der Waals surface area (Å²) in [6, 6.07) is 0.611. The van der Waals surface area contributed by atoms with Crippen LogP contribution in [0.5, 0.6) is 0 Å². The van der Waals surface area contributed by atoms with Gasteiger partial charge in [-0.3, -0.25) is 4.68 Å². The largest absolute Gasteiger partial charge is 0.309 e. The second-order valence-corrected chi connectivity index (χ2v) is 6.14. The summed E-state index contributed by atoms with van der Waals surface area (Å²) in [6.07, 6.45) is 1.96. The Hall–Kier alpha value is -0.830. The molecule has 1 aromatic rings. The quantitative estimate of drug-likeness (QED) is 0.848. The Labute approximate surface area is 98.2 Å². The summed E-state index contributed by atoms with van der Waals surface area (Å²) in [5.41, 5.74) is 3.37. The molecule has 3 nitrogen and oxygen atoms in total. The van der Waals surface area contributed by atoms with E-state index in [1.165, 1.54) is 11.3 Å². The van der Waals surface area contributed by atoms with Crippen molar-refractivity contribution in [1.82, 2.24) is 15.1 Å². The van der Waals surface area contributed by atoms with Gasteiger partial charge < -0.3 is 5.32 Å². The number of rotatable bonds is 3. The highest BCUT2D eigenvalue weighted by Crippen LogP contribution is 2.62. The number of hydrogen-bond donors (Lipinski definition) is 1. The van der Waals surface area contributed by atoms with Gasteiger partial charge in [-0.15, -0.1) is 0 Å². The Morgan fingerprint density at radius 3 is 2.25 bits per heavy atom. The van der Waals surface area contributed by atoms with Gasteiger partial charge in [0.25, 0.3) is 0 Å². The standard InChI is InChI=1S/C13H23N3/c1-9-10(8-15-16(9)6)7-14-11-12(2,3)13(11,4)5/h8,11,14H,7H2,1-6H3. The Bertz CT molecular complexity index is 387. The number of nitrogens with zero attached hydrogens (tertiary/aromatic N) is 2. The van der Waals surface area contributed by atoms with Gasteiger partial charge in [0.15, 0.2) is 0 Å². The Balaban J connectivity index is 1.98. The van der Waals surface area contributed by atoms with Gasteiger partial charge in [0.05, 0.1) is 6.20 Å². The minimum atomic E-state index is 0.406. The molecule has 0 aliphatic heterocycles. The molecule has 1 aromatic heterocycles. The third-order valence-electron chi connectivity index (χ3n) is 4.85. The van der Waals surface area contributed by atoms with Crippen LogP contribution in [-0.4, -0.2) is 15.8 Å². The van der Waals surface area contributed by atoms with Crippen molar-refractivity contribution in [1.29, 1.82) is 0 Å². The van der Waals surface area contributed by atoms with Crippen molar-refractivity contribution in [2.75, 3.05) is 0 Å². The molecule has 2 rings (SSSR count). The summed E-state index contributed by atoms with van der Waals surface area (Å²) in [5.74, 6) is 0. The Morgan fingerprint density at radius 2 is 1.88 bits per heavy atom. The van der Waals surface area contributed by atoms with Crippen LogP contribution in [0.4, 0.5) is 0 Å². The normalized spacial score (nSPS) is 22.4. The van der Waals surface area contributed by atoms with Crippen LogP contribution in [0.15, 0.2) is 6.20 Å². The first kappa shape index (κ1) is 11.6. The molecule has 1 N–H and O–H groups in total. The number of hydrogen-bond acceptors (Lipinski definition) is 2. The van der Waals surface area contributed by atoms with Crippen LogP contribution in [0.25, 0.3) is 0 Å². The van der Waals surface area contributed by atoms with E-state index < -0.39 is 0 Å². The van der Waals surface area contributed by atoms with Crippen molar-refractivity contribution in [3.63, 3.8) is 0 Å². The van der Waals surface area contributed by atoms with Crippen LogP contribution >= 0.6 is 0 Å². The van der Waals surface area contributed by atoms with E-state index in [0.717, 1.165) is 6.54 Å². The Kier molecular flexibility index (Phi) is 2.42. The van der Waals surface area contributed by atoms with E-state index in [1.54, 1.807) is 0 Å². The molecule has 0 radical (unpaired) electrons. The highest BCUT2D eigenvalue weighted by Gasteiger charge is 2.64. The fourth-order valence-electron chi connectivity index (χ4n) is 2.64. The van der Waals surface area contributed by atoms with Gasteiger partial charge in [-0.25, -0.2) is 0 Å². The molecule has 90 valence electrons. The fourth-order valence-corrected chi connectivity index (χ4v) is 2.64. The maximum atomic E-state index is 4.26. The summed E-state index contributed by atoms with van der Waals surface area (Å²) in [5, 5.41) is 7.92. The predicted octanol–water partition coefficient (Wildman–Crippen LogP) is 2.25. The number of nitrogens with one attached hydrogen (secondary N) is 1. The van der Waals surface area contributed by atoms with Crippen LogP contribution in [0.3, 0.4) is 0 Å². The van der Waals surface area contributed by atoms with Crippen molar-refractivity contribution in [2.45, 2.75) is 47.2 Å². The predicted molar refractivity (Wildman–Crippen MR) is 66.1 cm³/mol. The zero-order valence-corrected chi connectivity index (χ0v) is 11.3. The number of aryl methyl sites for hydroxylation is 1. The molecule has 3 heteroatoms. The van der Waals surface area contributed by atoms with Crippen LogP contribution in [0.2, 0.25) is 0 Å². The van der Waals surface area contributed by atoms with Gasteiger partial charge in [0, 0.05) is 30.9 Å². The average molecular weight is 221 g/mol. The lowest BCUT2D eigenvalue weighted by atomic mass is 10.0. The molecular weight excluding hydrogens is 198 g/mol. The molecule has 0 unspecified atom stereocenters. The molecule has 1 saturated carbocycles. The highest BCUT2D eigenvalue weighted by atomic mass is 15.3. The van der Waals surface area contributed by atoms with E-state index in [2.05, 4.69) is 45.0 Å². The Morgan fingerprint density at radius 1 is 1.31 bits per heavy atom. The molecule has 1 aliphatic carbocycles. The highest BCUT2D eigenvalue weighted by molar-refractivity contribution is 5.21. The minimum absolute atomic E-state index is 0.406. The summed E-state index contributed by atoms with van der Waals surface area (Å²) < 4.78 is 1.93. The number of aromatic nitrogens is 2. The molecule has 1 fully saturated rings. The maximum Gasteiger partial charge on any atom is 0.0537 e. The molecular formula is C13H23N3. The van der Waals surface area contributed by atoms with E-state index >= 15 is 0 Å². The second kappa shape index (κ2) is 3.33. The summed E-state index contributed by atoms with van der Waals surface area (Å²) in [6.45, 7) is 12.4. The monoisotopic (exact) mass is 221 g/mol. The topological polar surface area (TPSA) is 29.9 Å². The van der Waals surface area contributed by atoms with Gasteiger partial charge in [-0.1, -0.05) is 27.7 Å². The lowest BCUT2D eigenvalue weighted by Crippen LogP contribution is -2.21. The molecule has 16 heavy (non-hydrogen) atoms. The van der Waals surface area contributed by atoms with Crippen LogP contribution in [0, 0.1) is 17.8 Å². The third kappa shape index (κ3) is 1.49. The first-order valence-electron chi connectivity index (χ1n) is 5.99. The maximum absolute atomic E-state index is 4.26. The van der Waals surface area contributed by atoms with E-state index in [4.69, 9.17) is 0 Å². The average Bonchev–Trinajstić information content (AvgIpc) is 2.43. The van der Waals surface area contributed by atoms with Gasteiger partial charge >= 0.3 is 0 Å². The first-order chi connectivity index (χ1) is 7.28. The summed E-state index contributed by atoms with van der Waals surface area (Å²) in [7, 11) is 1.99. The molecule has 0 saturated heterocycles. The van der Waals surface area contributed by atoms with Gasteiger partial charge in [0.1, 0.15) is 0 Å². The smallest absolute Gasteiger partial charge is 0.0537 e. The van der Waals surface area contributed by atoms with Crippen LogP contribution in [0.1, 0.15) is 39.0 Å². The second-order valence-electron chi connectivity index (χ2n) is 6.14. The first-order valence-corrected chi connectivity index (χ1v) is 5.99. The molecule has 0 atom stereocenters. The van der Waals surface area contributed by atoms with Crippen molar-refractivity contribution >= 4 is 0 Å². The molecule has 0 bridgehead atoms. The summed E-state index contributed by atoms with van der Waals surface area (Å²) in [4.78, 5) is 0. The summed E-state index contributed by atoms with van der Waals surface area (Å²) >= 11 is 0. The van der Waals surface area contributed by atoms with E-state index in [0.29, 0.717) is 16.9 Å². The molecule has 1 heterocycles. The third-order valence-corrected chi connectivity index (χ3v) is 4.85. The van der Waals surface area contributed by atoms with Crippen molar-refractivity contribution in [2.24, 2.45) is 17.9 Å². The van der Waals surface area contributed by atoms with E-state index in [9.17, 15) is 0 Å². The van der Waals surface area contributed by atoms with Gasteiger partial charge in [-0.2, -0.15) is 5.10 Å². The van der Waals surface area contributed by atoms with E-state index in [-0.39, 0.29) is 0 Å². The molecule has 0 spiro atoms. The van der Waals surface area contributed by atoms with E-state index in [1.807, 2.05) is 17.9 Å². The zero-order chi connectivity index (χ0) is 12.1. The molecule has 1 aliphatic rings. The molecule has 0 amide bonds. The van der Waals surface area contributed by atoms with Crippen LogP contribution < -0.4 is 5.32 Å². The fraction of sp³-hybridized carbons (Fsp3) is 0.769.